The summed E-state index contributed by atoms with van der Waals surface area (Å²) in [4.78, 5) is 10.4. The van der Waals surface area contributed by atoms with Crippen LogP contribution in [-0.2, 0) is 0 Å². The fraction of sp³-hybridized carbons (Fsp3) is 0.200. The molecule has 0 N–H and O–H groups in total. The predicted molar refractivity (Wildman–Crippen MR) is 110 cm³/mol. The van der Waals surface area contributed by atoms with Crippen LogP contribution in [0.4, 0.5) is 14.6 Å². The van der Waals surface area contributed by atoms with Crippen molar-refractivity contribution in [1.82, 2.24) is 14.6 Å². The zero-order chi connectivity index (χ0) is 21.3. The van der Waals surface area contributed by atoms with Crippen LogP contribution in [0.2, 0.25) is 0 Å². The SMILES string of the molecule is C=CN=C1C=C(Cl)C=C/C1=C\c1c(C)nc2c(C#N)c(C(F)F)nn2c1N(C)C. The summed E-state index contributed by atoms with van der Waals surface area (Å²) >= 11 is 6.07. The van der Waals surface area contributed by atoms with Crippen molar-refractivity contribution in [2.75, 3.05) is 19.0 Å². The Bertz CT molecular complexity index is 1160. The van der Waals surface area contributed by atoms with Gasteiger partial charge in [-0.2, -0.15) is 14.9 Å². The normalized spacial score (nSPS) is 16.6. The molecule has 1 aliphatic carbocycles. The molecule has 0 aromatic carbocycles. The molecule has 0 saturated carbocycles. The molecule has 0 atom stereocenters. The van der Waals surface area contributed by atoms with Crippen LogP contribution in [0.15, 0.2) is 46.6 Å². The smallest absolute Gasteiger partial charge is 0.283 e. The number of alkyl halides is 2. The molecule has 1 aliphatic rings. The molecule has 0 amide bonds. The molecule has 2 heterocycles. The van der Waals surface area contributed by atoms with E-state index in [1.807, 2.05) is 6.08 Å². The van der Waals surface area contributed by atoms with Crippen molar-refractivity contribution in [2.45, 2.75) is 13.3 Å². The number of rotatable bonds is 4. The van der Waals surface area contributed by atoms with E-state index in [0.717, 1.165) is 5.57 Å². The van der Waals surface area contributed by atoms with Crippen LogP contribution in [0.25, 0.3) is 11.7 Å². The van der Waals surface area contributed by atoms with Crippen molar-refractivity contribution in [3.8, 4) is 6.07 Å². The second kappa shape index (κ2) is 7.97. The highest BCUT2D eigenvalue weighted by Crippen LogP contribution is 2.31. The lowest BCUT2D eigenvalue weighted by Gasteiger charge is -2.19. The van der Waals surface area contributed by atoms with Gasteiger partial charge in [0.15, 0.2) is 5.65 Å². The van der Waals surface area contributed by atoms with E-state index < -0.39 is 12.1 Å². The van der Waals surface area contributed by atoms with Gasteiger partial charge in [-0.3, -0.25) is 4.99 Å². The van der Waals surface area contributed by atoms with Gasteiger partial charge in [0.2, 0.25) is 0 Å². The first-order valence-corrected chi connectivity index (χ1v) is 8.91. The van der Waals surface area contributed by atoms with Gasteiger partial charge < -0.3 is 4.90 Å². The van der Waals surface area contributed by atoms with E-state index in [9.17, 15) is 14.0 Å². The Hall–Kier alpha value is -3.31. The minimum absolute atomic E-state index is 0.0910. The lowest BCUT2D eigenvalue weighted by atomic mass is 10.0. The standard InChI is InChI=1S/C20H17ClF2N6/c1-5-25-16-9-13(21)7-6-12(16)8-14-11(2)26-19-15(10-24)17(18(22)23)27-29(19)20(14)28(3)4/h5-9,18H,1H2,2-4H3/b12-8+,25-16?. The summed E-state index contributed by atoms with van der Waals surface area (Å²) in [6.45, 7) is 5.36. The molecule has 2 aromatic heterocycles. The Kier molecular flexibility index (Phi) is 5.62. The molecule has 29 heavy (non-hydrogen) atoms. The van der Waals surface area contributed by atoms with Gasteiger partial charge in [-0.05, 0) is 25.2 Å². The molecule has 2 aromatic rings. The number of nitrogens with zero attached hydrogens (tertiary/aromatic N) is 6. The second-order valence-corrected chi connectivity index (χ2v) is 6.83. The molecule has 6 nitrogen and oxygen atoms in total. The molecule has 148 valence electrons. The van der Waals surface area contributed by atoms with Gasteiger partial charge in [0.25, 0.3) is 6.43 Å². The zero-order valence-electron chi connectivity index (χ0n) is 16.0. The summed E-state index contributed by atoms with van der Waals surface area (Å²) < 4.78 is 28.1. The first kappa shape index (κ1) is 20.4. The highest BCUT2D eigenvalue weighted by Gasteiger charge is 2.25. The van der Waals surface area contributed by atoms with E-state index in [1.165, 1.54) is 10.7 Å². The summed E-state index contributed by atoms with van der Waals surface area (Å²) in [5.74, 6) is 0.510. The molecule has 0 bridgehead atoms. The first-order valence-electron chi connectivity index (χ1n) is 8.53. The zero-order valence-corrected chi connectivity index (χ0v) is 16.7. The Morgan fingerprint density at radius 1 is 1.38 bits per heavy atom. The summed E-state index contributed by atoms with van der Waals surface area (Å²) in [5, 5.41) is 13.9. The highest BCUT2D eigenvalue weighted by atomic mass is 35.5. The van der Waals surface area contributed by atoms with Crippen molar-refractivity contribution < 1.29 is 8.78 Å². The average molecular weight is 415 g/mol. The van der Waals surface area contributed by atoms with Crippen molar-refractivity contribution >= 4 is 34.9 Å². The van der Waals surface area contributed by atoms with Crippen molar-refractivity contribution in [3.63, 3.8) is 0 Å². The number of hydrogen-bond acceptors (Lipinski definition) is 5. The number of fused-ring (bicyclic) bond motifs is 1. The number of allylic oxidation sites excluding steroid dienone is 5. The van der Waals surface area contributed by atoms with Crippen LogP contribution in [-0.4, -0.2) is 34.4 Å². The minimum atomic E-state index is -2.89. The number of aliphatic imine (C=N–C) groups is 1. The molecular formula is C20H17ClF2N6. The number of hydrogen-bond donors (Lipinski definition) is 0. The van der Waals surface area contributed by atoms with Crippen LogP contribution in [0, 0.1) is 18.3 Å². The third kappa shape index (κ3) is 3.69. The number of anilines is 1. The fourth-order valence-corrected chi connectivity index (χ4v) is 3.20. The van der Waals surface area contributed by atoms with E-state index in [0.29, 0.717) is 27.8 Å². The van der Waals surface area contributed by atoms with Gasteiger partial charge >= 0.3 is 0 Å². The summed E-state index contributed by atoms with van der Waals surface area (Å²) in [6, 6.07) is 1.80. The maximum atomic E-state index is 13.4. The Balaban J connectivity index is 2.35. The van der Waals surface area contributed by atoms with E-state index in [2.05, 4.69) is 21.7 Å². The first-order chi connectivity index (χ1) is 13.8. The summed E-state index contributed by atoms with van der Waals surface area (Å²) in [7, 11) is 3.52. The van der Waals surface area contributed by atoms with E-state index in [1.54, 1.807) is 50.2 Å². The Morgan fingerprint density at radius 3 is 2.69 bits per heavy atom. The van der Waals surface area contributed by atoms with Gasteiger partial charge in [-0.15, -0.1) is 0 Å². The van der Waals surface area contributed by atoms with Gasteiger partial charge in [0.1, 0.15) is 23.1 Å². The molecule has 0 radical (unpaired) electrons. The fourth-order valence-electron chi connectivity index (χ4n) is 3.04. The van der Waals surface area contributed by atoms with Crippen LogP contribution in [0.5, 0.6) is 0 Å². The predicted octanol–water partition coefficient (Wildman–Crippen LogP) is 4.57. The van der Waals surface area contributed by atoms with E-state index >= 15 is 0 Å². The van der Waals surface area contributed by atoms with E-state index in [-0.39, 0.29) is 11.2 Å². The molecule has 0 saturated heterocycles. The number of aromatic nitrogens is 3. The lowest BCUT2D eigenvalue weighted by molar-refractivity contribution is 0.145. The molecular weight excluding hydrogens is 398 g/mol. The second-order valence-electron chi connectivity index (χ2n) is 6.40. The number of aryl methyl sites for hydroxylation is 1. The van der Waals surface area contributed by atoms with Gasteiger partial charge in [-0.1, -0.05) is 24.3 Å². The molecule has 0 spiro atoms. The van der Waals surface area contributed by atoms with Crippen molar-refractivity contribution in [1.29, 1.82) is 5.26 Å². The van der Waals surface area contributed by atoms with Crippen molar-refractivity contribution in [2.24, 2.45) is 4.99 Å². The number of halogens is 3. The molecule has 3 rings (SSSR count). The highest BCUT2D eigenvalue weighted by molar-refractivity contribution is 6.35. The van der Waals surface area contributed by atoms with Crippen molar-refractivity contribution in [3.05, 3.63) is 64.1 Å². The van der Waals surface area contributed by atoms with Gasteiger partial charge in [0.05, 0.1) is 11.4 Å². The Labute approximate surface area is 171 Å². The van der Waals surface area contributed by atoms with Gasteiger partial charge in [-0.25, -0.2) is 13.8 Å². The average Bonchev–Trinajstić information content (AvgIpc) is 3.02. The van der Waals surface area contributed by atoms with Crippen LogP contribution < -0.4 is 4.90 Å². The Morgan fingerprint density at radius 2 is 2.10 bits per heavy atom. The lowest BCUT2D eigenvalue weighted by Crippen LogP contribution is -2.17. The maximum Gasteiger partial charge on any atom is 0.283 e. The van der Waals surface area contributed by atoms with Crippen LogP contribution in [0.3, 0.4) is 0 Å². The van der Waals surface area contributed by atoms with Crippen LogP contribution in [0.1, 0.15) is 28.9 Å². The summed E-state index contributed by atoms with van der Waals surface area (Å²) in [6.07, 6.45) is 5.56. The van der Waals surface area contributed by atoms with Crippen LogP contribution >= 0.6 is 11.6 Å². The molecule has 0 aliphatic heterocycles. The quantitative estimate of drug-likeness (QED) is 0.734. The largest absolute Gasteiger partial charge is 0.362 e. The minimum Gasteiger partial charge on any atom is -0.362 e. The monoisotopic (exact) mass is 414 g/mol. The molecule has 0 unspecified atom stereocenters. The van der Waals surface area contributed by atoms with E-state index in [4.69, 9.17) is 11.6 Å². The number of nitriles is 1. The molecule has 0 fully saturated rings. The maximum absolute atomic E-state index is 13.4. The van der Waals surface area contributed by atoms with Gasteiger partial charge in [0, 0.05) is 36.5 Å². The summed E-state index contributed by atoms with van der Waals surface area (Å²) in [5.41, 5.74) is 1.82. The molecule has 9 heteroatoms. The third-order valence-corrected chi connectivity index (χ3v) is 4.49. The topological polar surface area (TPSA) is 69.6 Å². The third-order valence-electron chi connectivity index (χ3n) is 4.26.